The number of amides is 1. The molecule has 1 amide bonds. The van der Waals surface area contributed by atoms with E-state index >= 15 is 0 Å². The Kier molecular flexibility index (Phi) is 4.61. The first kappa shape index (κ1) is 14.4. The van der Waals surface area contributed by atoms with Crippen molar-refractivity contribution in [3.05, 3.63) is 24.3 Å². The Morgan fingerprint density at radius 2 is 1.75 bits per heavy atom. The average Bonchev–Trinajstić information content (AvgIpc) is 2.48. The summed E-state index contributed by atoms with van der Waals surface area (Å²) in [4.78, 5) is 23.4. The van der Waals surface area contributed by atoms with Crippen molar-refractivity contribution in [2.45, 2.75) is 25.7 Å². The van der Waals surface area contributed by atoms with Crippen molar-refractivity contribution in [2.24, 2.45) is 11.8 Å². The molecule has 0 bridgehead atoms. The van der Waals surface area contributed by atoms with Crippen LogP contribution in [0, 0.1) is 11.8 Å². The Bertz CT molecular complexity index is 483. The van der Waals surface area contributed by atoms with E-state index in [1.54, 1.807) is 31.4 Å². The molecular formula is C15H19NO4. The van der Waals surface area contributed by atoms with Crippen LogP contribution in [0.5, 0.6) is 5.75 Å². The molecule has 5 nitrogen and oxygen atoms in total. The molecule has 0 aliphatic heterocycles. The molecule has 1 saturated carbocycles. The molecule has 1 aromatic carbocycles. The van der Waals surface area contributed by atoms with Crippen molar-refractivity contribution < 1.29 is 19.4 Å². The lowest BCUT2D eigenvalue weighted by Crippen LogP contribution is -2.36. The van der Waals surface area contributed by atoms with Crippen molar-refractivity contribution in [3.8, 4) is 5.75 Å². The number of carbonyl (C=O) groups excluding carboxylic acids is 1. The van der Waals surface area contributed by atoms with Crippen molar-refractivity contribution in [2.75, 3.05) is 12.4 Å². The number of hydrogen-bond acceptors (Lipinski definition) is 3. The van der Waals surface area contributed by atoms with E-state index in [0.717, 1.165) is 12.8 Å². The summed E-state index contributed by atoms with van der Waals surface area (Å²) in [7, 11) is 1.58. The molecular weight excluding hydrogens is 258 g/mol. The van der Waals surface area contributed by atoms with Crippen LogP contribution in [0.15, 0.2) is 24.3 Å². The number of hydrogen-bond donors (Lipinski definition) is 2. The minimum absolute atomic E-state index is 0.206. The molecule has 0 aromatic heterocycles. The fraction of sp³-hybridized carbons (Fsp3) is 0.467. The van der Waals surface area contributed by atoms with Crippen LogP contribution in [0.3, 0.4) is 0 Å². The number of ether oxygens (including phenoxy) is 1. The summed E-state index contributed by atoms with van der Waals surface area (Å²) in [5.41, 5.74) is 0.658. The third-order valence-electron chi connectivity index (χ3n) is 3.78. The summed E-state index contributed by atoms with van der Waals surface area (Å²) in [6.07, 6.45) is 3.00. The molecule has 1 fully saturated rings. The molecule has 1 aromatic rings. The van der Waals surface area contributed by atoms with Crippen LogP contribution in [-0.2, 0) is 9.59 Å². The molecule has 0 spiro atoms. The summed E-state index contributed by atoms with van der Waals surface area (Å²) in [6.45, 7) is 0. The Balaban J connectivity index is 2.03. The van der Waals surface area contributed by atoms with E-state index in [0.29, 0.717) is 24.3 Å². The maximum atomic E-state index is 12.2. The van der Waals surface area contributed by atoms with E-state index in [1.165, 1.54) is 0 Å². The van der Waals surface area contributed by atoms with Gasteiger partial charge in [-0.3, -0.25) is 9.59 Å². The van der Waals surface area contributed by atoms with Crippen molar-refractivity contribution in [1.82, 2.24) is 0 Å². The van der Waals surface area contributed by atoms with Gasteiger partial charge in [-0.15, -0.1) is 0 Å². The number of anilines is 1. The number of benzene rings is 1. The minimum atomic E-state index is -0.875. The zero-order valence-corrected chi connectivity index (χ0v) is 11.5. The smallest absolute Gasteiger partial charge is 0.307 e. The van der Waals surface area contributed by atoms with Gasteiger partial charge in [-0.2, -0.15) is 0 Å². The lowest BCUT2D eigenvalue weighted by molar-refractivity contribution is -0.147. The number of aliphatic carboxylic acids is 1. The van der Waals surface area contributed by atoms with Gasteiger partial charge in [0.1, 0.15) is 5.75 Å². The number of rotatable bonds is 4. The number of methoxy groups -OCH3 is 1. The predicted molar refractivity (Wildman–Crippen MR) is 74.7 cm³/mol. The van der Waals surface area contributed by atoms with Gasteiger partial charge in [0.2, 0.25) is 5.91 Å². The highest BCUT2D eigenvalue weighted by molar-refractivity contribution is 5.95. The summed E-state index contributed by atoms with van der Waals surface area (Å²) in [5.74, 6) is -1.38. The molecule has 0 saturated heterocycles. The normalized spacial score (nSPS) is 22.1. The van der Waals surface area contributed by atoms with E-state index in [2.05, 4.69) is 5.32 Å². The third-order valence-corrected chi connectivity index (χ3v) is 3.78. The third kappa shape index (κ3) is 3.29. The van der Waals surface area contributed by atoms with Crippen molar-refractivity contribution >= 4 is 17.6 Å². The Hall–Kier alpha value is -2.04. The first-order chi connectivity index (χ1) is 9.61. The van der Waals surface area contributed by atoms with Crippen LogP contribution in [0.4, 0.5) is 5.69 Å². The summed E-state index contributed by atoms with van der Waals surface area (Å²) >= 11 is 0. The second kappa shape index (κ2) is 6.41. The average molecular weight is 277 g/mol. The molecule has 2 N–H and O–H groups in total. The minimum Gasteiger partial charge on any atom is -0.497 e. The van der Waals surface area contributed by atoms with Crippen molar-refractivity contribution in [1.29, 1.82) is 0 Å². The Morgan fingerprint density at radius 1 is 1.15 bits per heavy atom. The zero-order chi connectivity index (χ0) is 14.5. The second-order valence-electron chi connectivity index (χ2n) is 5.05. The lowest BCUT2D eigenvalue weighted by Gasteiger charge is -2.27. The summed E-state index contributed by atoms with van der Waals surface area (Å²) in [6, 6.07) is 7.00. The summed E-state index contributed by atoms with van der Waals surface area (Å²) in [5, 5.41) is 12.0. The first-order valence-electron chi connectivity index (χ1n) is 6.79. The zero-order valence-electron chi connectivity index (χ0n) is 11.5. The van der Waals surface area contributed by atoms with E-state index in [-0.39, 0.29) is 5.91 Å². The van der Waals surface area contributed by atoms with Gasteiger partial charge in [0, 0.05) is 5.69 Å². The van der Waals surface area contributed by atoms with Crippen molar-refractivity contribution in [3.63, 3.8) is 0 Å². The van der Waals surface area contributed by atoms with Crippen LogP contribution in [0.1, 0.15) is 25.7 Å². The van der Waals surface area contributed by atoms with Crippen LogP contribution in [-0.4, -0.2) is 24.1 Å². The van der Waals surface area contributed by atoms with Gasteiger partial charge in [0.05, 0.1) is 18.9 Å². The second-order valence-corrected chi connectivity index (χ2v) is 5.05. The fourth-order valence-corrected chi connectivity index (χ4v) is 2.65. The monoisotopic (exact) mass is 277 g/mol. The van der Waals surface area contributed by atoms with E-state index in [9.17, 15) is 14.7 Å². The maximum absolute atomic E-state index is 12.2. The number of carboxylic acid groups (broad SMARTS) is 1. The fourth-order valence-electron chi connectivity index (χ4n) is 2.65. The van der Waals surface area contributed by atoms with Crippen LogP contribution < -0.4 is 10.1 Å². The highest BCUT2D eigenvalue weighted by atomic mass is 16.5. The molecule has 1 aliphatic carbocycles. The number of carbonyl (C=O) groups is 2. The summed E-state index contributed by atoms with van der Waals surface area (Å²) < 4.78 is 5.05. The van der Waals surface area contributed by atoms with Gasteiger partial charge in [-0.1, -0.05) is 12.8 Å². The predicted octanol–water partition coefficient (Wildman–Crippen LogP) is 2.52. The van der Waals surface area contributed by atoms with Gasteiger partial charge < -0.3 is 15.2 Å². The van der Waals surface area contributed by atoms with E-state index in [1.807, 2.05) is 0 Å². The van der Waals surface area contributed by atoms with Crippen LogP contribution in [0.25, 0.3) is 0 Å². The van der Waals surface area contributed by atoms with Crippen LogP contribution in [0.2, 0.25) is 0 Å². The van der Waals surface area contributed by atoms with Gasteiger partial charge >= 0.3 is 5.97 Å². The van der Waals surface area contributed by atoms with Gasteiger partial charge in [-0.25, -0.2) is 0 Å². The molecule has 0 heterocycles. The molecule has 20 heavy (non-hydrogen) atoms. The number of nitrogens with one attached hydrogen (secondary N) is 1. The van der Waals surface area contributed by atoms with Gasteiger partial charge in [0.15, 0.2) is 0 Å². The lowest BCUT2D eigenvalue weighted by atomic mass is 9.78. The van der Waals surface area contributed by atoms with Gasteiger partial charge in [0.25, 0.3) is 0 Å². The highest BCUT2D eigenvalue weighted by Crippen LogP contribution is 2.31. The SMILES string of the molecule is COc1ccc(NC(=O)[C@H]2CCCC[C@@H]2C(=O)O)cc1. The van der Waals surface area contributed by atoms with E-state index < -0.39 is 17.8 Å². The Labute approximate surface area is 117 Å². The quantitative estimate of drug-likeness (QED) is 0.886. The highest BCUT2D eigenvalue weighted by Gasteiger charge is 2.35. The molecule has 2 atom stereocenters. The molecule has 108 valence electrons. The topological polar surface area (TPSA) is 75.6 Å². The standard InChI is InChI=1S/C15H19NO4/c1-20-11-8-6-10(7-9-11)16-14(17)12-4-2-3-5-13(12)15(18)19/h6-9,12-13H,2-5H2,1H3,(H,16,17)(H,18,19)/t12-,13-/m0/s1. The first-order valence-corrected chi connectivity index (χ1v) is 6.79. The molecule has 5 heteroatoms. The molecule has 2 rings (SSSR count). The van der Waals surface area contributed by atoms with Crippen LogP contribution >= 0.6 is 0 Å². The van der Waals surface area contributed by atoms with Gasteiger partial charge in [-0.05, 0) is 37.1 Å². The maximum Gasteiger partial charge on any atom is 0.307 e. The molecule has 0 radical (unpaired) electrons. The number of carboxylic acids is 1. The largest absolute Gasteiger partial charge is 0.497 e. The van der Waals surface area contributed by atoms with E-state index in [4.69, 9.17) is 4.74 Å². The Morgan fingerprint density at radius 3 is 2.30 bits per heavy atom. The molecule has 0 unspecified atom stereocenters. The molecule has 1 aliphatic rings.